The van der Waals surface area contributed by atoms with Crippen LogP contribution in [0.2, 0.25) is 0 Å². The first kappa shape index (κ1) is 14.7. The molecule has 0 radical (unpaired) electrons. The second kappa shape index (κ2) is 6.29. The van der Waals surface area contributed by atoms with Crippen molar-refractivity contribution in [3.05, 3.63) is 59.3 Å². The summed E-state index contributed by atoms with van der Waals surface area (Å²) in [4.78, 5) is 18.9. The Morgan fingerprint density at radius 3 is 2.86 bits per heavy atom. The maximum Gasteiger partial charge on any atom is 0.270 e. The van der Waals surface area contributed by atoms with E-state index < -0.39 is 0 Å². The first-order chi connectivity index (χ1) is 10.7. The lowest BCUT2D eigenvalue weighted by Crippen LogP contribution is -2.27. The number of hydrogen-bond donors (Lipinski definition) is 0. The Labute approximate surface area is 137 Å². The number of rotatable bonds is 3. The van der Waals surface area contributed by atoms with E-state index in [-0.39, 0.29) is 5.91 Å². The molecule has 0 aliphatic carbocycles. The van der Waals surface area contributed by atoms with Gasteiger partial charge in [0, 0.05) is 12.3 Å². The van der Waals surface area contributed by atoms with Gasteiger partial charge in [-0.15, -0.1) is 0 Å². The van der Waals surface area contributed by atoms with Crippen molar-refractivity contribution in [2.45, 2.75) is 0 Å². The van der Waals surface area contributed by atoms with Gasteiger partial charge in [0.05, 0.1) is 23.4 Å². The number of benzene rings is 1. The topological polar surface area (TPSA) is 42.4 Å². The summed E-state index contributed by atoms with van der Waals surface area (Å²) in [5.41, 5.74) is 1.43. The van der Waals surface area contributed by atoms with E-state index in [1.807, 2.05) is 36.4 Å². The van der Waals surface area contributed by atoms with Gasteiger partial charge >= 0.3 is 0 Å². The molecule has 1 fully saturated rings. The van der Waals surface area contributed by atoms with E-state index in [4.69, 9.17) is 17.0 Å². The van der Waals surface area contributed by atoms with Crippen molar-refractivity contribution in [1.29, 1.82) is 0 Å². The molecule has 1 saturated heterocycles. The number of thiocarbonyl (C=S) groups is 1. The third-order valence-corrected chi connectivity index (χ3v) is 4.37. The van der Waals surface area contributed by atoms with Gasteiger partial charge in [0.25, 0.3) is 5.91 Å². The molecule has 22 heavy (non-hydrogen) atoms. The number of methoxy groups -OCH3 is 1. The number of hydrogen-bond acceptors (Lipinski definition) is 5. The third-order valence-electron chi connectivity index (χ3n) is 3.07. The van der Waals surface area contributed by atoms with E-state index in [1.165, 1.54) is 16.7 Å². The molecule has 1 aromatic heterocycles. The van der Waals surface area contributed by atoms with Gasteiger partial charge in [-0.25, -0.2) is 0 Å². The third kappa shape index (κ3) is 2.88. The number of anilines is 1. The molecule has 1 aliphatic rings. The molecule has 110 valence electrons. The highest BCUT2D eigenvalue weighted by molar-refractivity contribution is 8.27. The first-order valence-corrected chi connectivity index (χ1v) is 7.74. The van der Waals surface area contributed by atoms with Crippen molar-refractivity contribution in [3.63, 3.8) is 0 Å². The monoisotopic (exact) mass is 328 g/mol. The zero-order valence-electron chi connectivity index (χ0n) is 11.7. The van der Waals surface area contributed by atoms with Gasteiger partial charge in [-0.05, 0) is 30.3 Å². The second-order valence-electron chi connectivity index (χ2n) is 4.47. The fourth-order valence-electron chi connectivity index (χ4n) is 2.04. The molecule has 2 aromatic rings. The normalized spacial score (nSPS) is 16.4. The van der Waals surface area contributed by atoms with Crippen LogP contribution in [0.5, 0.6) is 5.75 Å². The summed E-state index contributed by atoms with van der Waals surface area (Å²) in [5.74, 6) is 0.536. The minimum atomic E-state index is -0.145. The van der Waals surface area contributed by atoms with Crippen LogP contribution >= 0.6 is 24.0 Å². The van der Waals surface area contributed by atoms with Crippen LogP contribution in [0.25, 0.3) is 6.08 Å². The van der Waals surface area contributed by atoms with Crippen molar-refractivity contribution >= 4 is 46.0 Å². The Morgan fingerprint density at radius 1 is 1.27 bits per heavy atom. The van der Waals surface area contributed by atoms with Crippen molar-refractivity contribution in [2.75, 3.05) is 12.0 Å². The number of pyridine rings is 1. The quantitative estimate of drug-likeness (QED) is 0.637. The van der Waals surface area contributed by atoms with E-state index in [2.05, 4.69) is 4.98 Å². The standard InChI is InChI=1S/C16H12N2O2S2/c1-20-13-7-4-6-12(10-13)18-15(19)14(22-16(18)21)9-11-5-2-3-8-17-11/h2-10H,1H3. The summed E-state index contributed by atoms with van der Waals surface area (Å²) in [6.45, 7) is 0. The summed E-state index contributed by atoms with van der Waals surface area (Å²) in [5, 5.41) is 0. The minimum absolute atomic E-state index is 0.145. The minimum Gasteiger partial charge on any atom is -0.497 e. The fourth-order valence-corrected chi connectivity index (χ4v) is 3.32. The van der Waals surface area contributed by atoms with Gasteiger partial charge < -0.3 is 4.74 Å². The summed E-state index contributed by atoms with van der Waals surface area (Å²) in [6, 6.07) is 12.8. The molecule has 0 bridgehead atoms. The molecule has 1 amide bonds. The number of nitrogens with zero attached hydrogens (tertiary/aromatic N) is 2. The van der Waals surface area contributed by atoms with Gasteiger partial charge in [0.2, 0.25) is 0 Å². The molecule has 1 aromatic carbocycles. The smallest absolute Gasteiger partial charge is 0.270 e. The highest BCUT2D eigenvalue weighted by Crippen LogP contribution is 2.36. The summed E-state index contributed by atoms with van der Waals surface area (Å²) >= 11 is 6.61. The molecule has 0 atom stereocenters. The van der Waals surface area contributed by atoms with E-state index in [9.17, 15) is 4.79 Å². The predicted molar refractivity (Wildman–Crippen MR) is 92.9 cm³/mol. The number of thioether (sulfide) groups is 1. The molecule has 3 rings (SSSR count). The maximum absolute atomic E-state index is 12.6. The molecular weight excluding hydrogens is 316 g/mol. The van der Waals surface area contributed by atoms with Crippen LogP contribution in [0, 0.1) is 0 Å². The Balaban J connectivity index is 1.93. The van der Waals surface area contributed by atoms with Crippen LogP contribution in [0.1, 0.15) is 5.69 Å². The van der Waals surface area contributed by atoms with E-state index in [0.717, 1.165) is 5.69 Å². The Bertz CT molecular complexity index is 760. The van der Waals surface area contributed by atoms with Crippen molar-refractivity contribution in [3.8, 4) is 5.75 Å². The number of carbonyl (C=O) groups excluding carboxylic acids is 1. The highest BCUT2D eigenvalue weighted by Gasteiger charge is 2.33. The molecule has 4 nitrogen and oxygen atoms in total. The number of amides is 1. The molecule has 1 aliphatic heterocycles. The zero-order chi connectivity index (χ0) is 15.5. The SMILES string of the molecule is COc1cccc(N2C(=O)C(=Cc3ccccn3)SC2=S)c1. The van der Waals surface area contributed by atoms with Gasteiger partial charge in [0.1, 0.15) is 5.75 Å². The zero-order valence-corrected chi connectivity index (χ0v) is 13.4. The van der Waals surface area contributed by atoms with Gasteiger partial charge in [0.15, 0.2) is 4.32 Å². The van der Waals surface area contributed by atoms with Gasteiger partial charge in [-0.3, -0.25) is 14.7 Å². The summed E-state index contributed by atoms with van der Waals surface area (Å²) in [6.07, 6.45) is 3.44. The Kier molecular flexibility index (Phi) is 4.22. The molecule has 0 saturated carbocycles. The number of carbonyl (C=O) groups is 1. The Morgan fingerprint density at radius 2 is 2.14 bits per heavy atom. The lowest BCUT2D eigenvalue weighted by Gasteiger charge is -2.15. The number of aromatic nitrogens is 1. The van der Waals surface area contributed by atoms with Gasteiger partial charge in [-0.1, -0.05) is 36.1 Å². The molecule has 0 spiro atoms. The fraction of sp³-hybridized carbons (Fsp3) is 0.0625. The molecule has 0 N–H and O–H groups in total. The van der Waals surface area contributed by atoms with Crippen LogP contribution < -0.4 is 9.64 Å². The average Bonchev–Trinajstić information content (AvgIpc) is 2.82. The lowest BCUT2D eigenvalue weighted by molar-refractivity contribution is -0.113. The summed E-state index contributed by atoms with van der Waals surface area (Å²) < 4.78 is 5.70. The number of ether oxygens (including phenoxy) is 1. The second-order valence-corrected chi connectivity index (χ2v) is 6.15. The molecular formula is C16H12N2O2S2. The largest absolute Gasteiger partial charge is 0.497 e. The molecule has 6 heteroatoms. The van der Waals surface area contributed by atoms with Crippen LogP contribution in [0.3, 0.4) is 0 Å². The van der Waals surface area contributed by atoms with E-state index in [1.54, 1.807) is 25.4 Å². The van der Waals surface area contributed by atoms with Crippen molar-refractivity contribution in [2.24, 2.45) is 0 Å². The first-order valence-electron chi connectivity index (χ1n) is 6.52. The Hall–Kier alpha value is -2.18. The van der Waals surface area contributed by atoms with Crippen molar-refractivity contribution < 1.29 is 9.53 Å². The van der Waals surface area contributed by atoms with Crippen LogP contribution in [-0.4, -0.2) is 22.3 Å². The maximum atomic E-state index is 12.6. The van der Waals surface area contributed by atoms with Crippen LogP contribution in [-0.2, 0) is 4.79 Å². The van der Waals surface area contributed by atoms with Crippen LogP contribution in [0.4, 0.5) is 5.69 Å². The predicted octanol–water partition coefficient (Wildman–Crippen LogP) is 3.50. The molecule has 0 unspecified atom stereocenters. The van der Waals surface area contributed by atoms with E-state index in [0.29, 0.717) is 20.7 Å². The summed E-state index contributed by atoms with van der Waals surface area (Å²) in [7, 11) is 1.59. The van der Waals surface area contributed by atoms with E-state index >= 15 is 0 Å². The highest BCUT2D eigenvalue weighted by atomic mass is 32.2. The molecule has 2 heterocycles. The lowest BCUT2D eigenvalue weighted by atomic mass is 10.2. The van der Waals surface area contributed by atoms with Crippen LogP contribution in [0.15, 0.2) is 53.6 Å². The van der Waals surface area contributed by atoms with Gasteiger partial charge in [-0.2, -0.15) is 0 Å². The van der Waals surface area contributed by atoms with Crippen molar-refractivity contribution in [1.82, 2.24) is 4.98 Å². The average molecular weight is 328 g/mol.